The van der Waals surface area contributed by atoms with Gasteiger partial charge in [0.1, 0.15) is 0 Å². The van der Waals surface area contributed by atoms with Crippen molar-refractivity contribution in [2.45, 2.75) is 16.9 Å². The molecule has 184 valence electrons. The summed E-state index contributed by atoms with van der Waals surface area (Å²) >= 11 is 0. The van der Waals surface area contributed by atoms with Crippen LogP contribution in [0, 0.1) is 0 Å². The molecule has 0 spiro atoms. The van der Waals surface area contributed by atoms with Gasteiger partial charge in [0, 0.05) is 5.56 Å². The van der Waals surface area contributed by atoms with Gasteiger partial charge in [0.2, 0.25) is 15.6 Å². The third kappa shape index (κ3) is 4.32. The summed E-state index contributed by atoms with van der Waals surface area (Å²) in [6.45, 7) is 0. The van der Waals surface area contributed by atoms with E-state index < -0.39 is 21.9 Å². The van der Waals surface area contributed by atoms with E-state index in [2.05, 4.69) is 5.16 Å². The molecular weight excluding hydrogens is 474 g/mol. The van der Waals surface area contributed by atoms with Gasteiger partial charge in [-0.05, 0) is 42.0 Å². The highest BCUT2D eigenvalue weighted by molar-refractivity contribution is 8.06. The summed E-state index contributed by atoms with van der Waals surface area (Å²) in [6.07, 6.45) is -0.870. The summed E-state index contributed by atoms with van der Waals surface area (Å²) in [6, 6.07) is 16.0. The van der Waals surface area contributed by atoms with E-state index in [1.165, 1.54) is 46.6 Å². The second-order valence-electron chi connectivity index (χ2n) is 7.64. The number of benzene rings is 3. The van der Waals surface area contributed by atoms with Crippen LogP contribution in [0.5, 0.6) is 28.7 Å². The molecule has 0 amide bonds. The number of hydrogen-bond acceptors (Lipinski definition) is 9. The first-order valence-electron chi connectivity index (χ1n) is 10.6. The van der Waals surface area contributed by atoms with Gasteiger partial charge < -0.3 is 28.9 Å². The van der Waals surface area contributed by atoms with Gasteiger partial charge in [-0.1, -0.05) is 29.4 Å². The molecule has 0 aromatic heterocycles. The summed E-state index contributed by atoms with van der Waals surface area (Å²) in [5.74, 6) is 0.356. The molecule has 10 heteroatoms. The molecule has 0 bridgehead atoms. The third-order valence-electron chi connectivity index (χ3n) is 5.73. The predicted molar refractivity (Wildman–Crippen MR) is 128 cm³/mol. The molecule has 1 heterocycles. The Morgan fingerprint density at radius 1 is 0.800 bits per heavy atom. The van der Waals surface area contributed by atoms with Crippen LogP contribution in [0.4, 0.5) is 0 Å². The first-order chi connectivity index (χ1) is 16.8. The first kappa shape index (κ1) is 24.2. The van der Waals surface area contributed by atoms with Crippen molar-refractivity contribution in [2.24, 2.45) is 5.16 Å². The maximum absolute atomic E-state index is 13.6. The molecule has 0 saturated heterocycles. The molecule has 1 N–H and O–H groups in total. The van der Waals surface area contributed by atoms with E-state index in [9.17, 15) is 13.5 Å². The zero-order chi connectivity index (χ0) is 25.2. The van der Waals surface area contributed by atoms with E-state index in [0.717, 1.165) is 0 Å². The molecule has 3 aromatic rings. The Balaban J connectivity index is 1.88. The highest BCUT2D eigenvalue weighted by atomic mass is 32.2. The summed E-state index contributed by atoms with van der Waals surface area (Å²) in [4.78, 5) is 5.82. The molecule has 3 aromatic carbocycles. The topological polar surface area (TPSA) is 113 Å². The third-order valence-corrected chi connectivity index (χ3v) is 7.50. The molecule has 0 unspecified atom stereocenters. The average Bonchev–Trinajstić information content (AvgIpc) is 3.34. The fourth-order valence-corrected chi connectivity index (χ4v) is 5.52. The summed E-state index contributed by atoms with van der Waals surface area (Å²) in [7, 11) is 1.86. The summed E-state index contributed by atoms with van der Waals surface area (Å²) < 4.78 is 48.6. The fourth-order valence-electron chi connectivity index (χ4n) is 4.03. The molecule has 9 nitrogen and oxygen atoms in total. The number of nitrogens with zero attached hydrogens (tertiary/aromatic N) is 1. The normalized spacial score (nSPS) is 17.3. The number of phenols is 1. The molecule has 1 aliphatic heterocycles. The van der Waals surface area contributed by atoms with Crippen LogP contribution in [-0.2, 0) is 14.7 Å². The molecule has 0 saturated carbocycles. The minimum atomic E-state index is -4.02. The van der Waals surface area contributed by atoms with E-state index in [0.29, 0.717) is 28.4 Å². The van der Waals surface area contributed by atoms with Crippen molar-refractivity contribution in [3.05, 3.63) is 71.8 Å². The Morgan fingerprint density at radius 2 is 1.43 bits per heavy atom. The lowest BCUT2D eigenvalue weighted by Crippen LogP contribution is -2.23. The number of ether oxygens (including phenoxy) is 4. The van der Waals surface area contributed by atoms with Crippen molar-refractivity contribution < 1.29 is 37.3 Å². The Hall–Kier alpha value is -3.92. The second kappa shape index (κ2) is 9.75. The number of phenolic OH excluding ortho intramolecular Hbond substituents is 1. The van der Waals surface area contributed by atoms with Gasteiger partial charge in [0.25, 0.3) is 0 Å². The van der Waals surface area contributed by atoms with Crippen LogP contribution >= 0.6 is 0 Å². The van der Waals surface area contributed by atoms with Crippen molar-refractivity contribution in [2.75, 3.05) is 28.4 Å². The van der Waals surface area contributed by atoms with Crippen molar-refractivity contribution in [3.63, 3.8) is 0 Å². The second-order valence-corrected chi connectivity index (χ2v) is 9.54. The molecule has 4 rings (SSSR count). The smallest absolute Gasteiger partial charge is 0.224 e. The van der Waals surface area contributed by atoms with E-state index >= 15 is 0 Å². The number of aromatic hydroxyl groups is 1. The highest BCUT2D eigenvalue weighted by Gasteiger charge is 2.44. The molecule has 35 heavy (non-hydrogen) atoms. The van der Waals surface area contributed by atoms with Crippen molar-refractivity contribution >= 4 is 14.9 Å². The van der Waals surface area contributed by atoms with Gasteiger partial charge >= 0.3 is 0 Å². The van der Waals surface area contributed by atoms with Crippen LogP contribution < -0.4 is 18.9 Å². The Labute approximate surface area is 203 Å². The molecule has 0 radical (unpaired) electrons. The van der Waals surface area contributed by atoms with Gasteiger partial charge in [-0.2, -0.15) is 0 Å². The van der Waals surface area contributed by atoms with Crippen molar-refractivity contribution in [1.82, 2.24) is 0 Å². The largest absolute Gasteiger partial charge is 0.504 e. The van der Waals surface area contributed by atoms with Gasteiger partial charge in [-0.15, -0.1) is 0 Å². The SMILES string of the molecule is COc1ccc([C@H]2C(S(=O)(=O)c3ccccc3)=NO[C@@H]2c2cc(OC)c(OC)c(OC)c2)cc1O. The van der Waals surface area contributed by atoms with Gasteiger partial charge in [-0.25, -0.2) is 8.42 Å². The minimum Gasteiger partial charge on any atom is -0.504 e. The van der Waals surface area contributed by atoms with Crippen LogP contribution in [-0.4, -0.2) is 47.0 Å². The lowest BCUT2D eigenvalue weighted by atomic mass is 9.89. The summed E-state index contributed by atoms with van der Waals surface area (Å²) in [5, 5.41) is 14.3. The van der Waals surface area contributed by atoms with Crippen LogP contribution in [0.15, 0.2) is 70.7 Å². The number of hydrogen-bond donors (Lipinski definition) is 1. The highest BCUT2D eigenvalue weighted by Crippen LogP contribution is 2.48. The van der Waals surface area contributed by atoms with Crippen molar-refractivity contribution in [3.8, 4) is 28.7 Å². The minimum absolute atomic E-state index is 0.0793. The molecule has 0 fully saturated rings. The molecule has 2 atom stereocenters. The lowest BCUT2D eigenvalue weighted by Gasteiger charge is -2.22. The van der Waals surface area contributed by atoms with E-state index in [4.69, 9.17) is 23.8 Å². The molecule has 1 aliphatic rings. The quantitative estimate of drug-likeness (QED) is 0.518. The van der Waals surface area contributed by atoms with Gasteiger partial charge in [-0.3, -0.25) is 0 Å². The Kier molecular flexibility index (Phi) is 6.74. The Bertz CT molecular complexity index is 1330. The average molecular weight is 500 g/mol. The van der Waals surface area contributed by atoms with E-state index in [-0.39, 0.29) is 21.4 Å². The first-order valence-corrected chi connectivity index (χ1v) is 12.0. The van der Waals surface area contributed by atoms with Gasteiger partial charge in [0.05, 0.1) is 39.3 Å². The van der Waals surface area contributed by atoms with Crippen LogP contribution in [0.1, 0.15) is 23.1 Å². The fraction of sp³-hybridized carbons (Fsp3) is 0.240. The zero-order valence-corrected chi connectivity index (χ0v) is 20.4. The van der Waals surface area contributed by atoms with Crippen LogP contribution in [0.3, 0.4) is 0 Å². The van der Waals surface area contributed by atoms with Gasteiger partial charge in [0.15, 0.2) is 34.1 Å². The van der Waals surface area contributed by atoms with Crippen LogP contribution in [0.25, 0.3) is 0 Å². The number of rotatable bonds is 7. The number of sulfone groups is 1. The molecular formula is C25H25NO8S. The number of oxime groups is 1. The predicted octanol–water partition coefficient (Wildman–Crippen LogP) is 4.07. The van der Waals surface area contributed by atoms with Crippen molar-refractivity contribution in [1.29, 1.82) is 0 Å². The van der Waals surface area contributed by atoms with E-state index in [1.54, 1.807) is 42.5 Å². The maximum atomic E-state index is 13.6. The van der Waals surface area contributed by atoms with E-state index in [1.807, 2.05) is 0 Å². The standard InChI is InChI=1S/C25H25NO8S/c1-30-19-11-10-15(12-18(19)27)22-23(16-13-20(31-2)24(33-4)21(14-16)32-3)34-26-25(22)35(28,29)17-8-6-5-7-9-17/h5-14,22-23,27H,1-4H3/t22-,23-/m1/s1. The maximum Gasteiger partial charge on any atom is 0.224 e. The van der Waals surface area contributed by atoms with Crippen LogP contribution in [0.2, 0.25) is 0 Å². The lowest BCUT2D eigenvalue weighted by molar-refractivity contribution is 0.0758. The monoisotopic (exact) mass is 499 g/mol. The zero-order valence-electron chi connectivity index (χ0n) is 19.6. The summed E-state index contributed by atoms with van der Waals surface area (Å²) in [5.41, 5.74) is 1.01. The Morgan fingerprint density at radius 3 is 1.97 bits per heavy atom. The molecule has 0 aliphatic carbocycles. The number of methoxy groups -OCH3 is 4.